The number of ether oxygens (including phenoxy) is 3. The standard InChI is InChI=1S/C22H23N3O4/c1-14-9-10-19(27-2)18(12-14)25-21-20(22(26)29-13-15-6-5-11-28-15)23-16-7-3-4-8-17(16)24-21/h3-4,7-10,12,15H,5-6,11,13H2,1-2H3,(H,24,25). The molecule has 1 saturated heterocycles. The maximum atomic E-state index is 12.8. The molecular weight excluding hydrogens is 370 g/mol. The Hall–Kier alpha value is -3.19. The highest BCUT2D eigenvalue weighted by Crippen LogP contribution is 2.30. The number of nitrogens with one attached hydrogen (secondary N) is 1. The molecule has 0 spiro atoms. The van der Waals surface area contributed by atoms with Gasteiger partial charge in [0.2, 0.25) is 0 Å². The van der Waals surface area contributed by atoms with Gasteiger partial charge in [0.05, 0.1) is 29.9 Å². The van der Waals surface area contributed by atoms with Crippen molar-refractivity contribution in [1.29, 1.82) is 0 Å². The number of nitrogens with zero attached hydrogens (tertiary/aromatic N) is 2. The van der Waals surface area contributed by atoms with Gasteiger partial charge in [0.1, 0.15) is 12.4 Å². The van der Waals surface area contributed by atoms with Gasteiger partial charge >= 0.3 is 5.97 Å². The van der Waals surface area contributed by atoms with Gasteiger partial charge in [-0.15, -0.1) is 0 Å². The van der Waals surface area contributed by atoms with E-state index < -0.39 is 5.97 Å². The first-order chi connectivity index (χ1) is 14.1. The smallest absolute Gasteiger partial charge is 0.360 e. The molecule has 3 aromatic rings. The van der Waals surface area contributed by atoms with Gasteiger partial charge in [-0.25, -0.2) is 14.8 Å². The number of rotatable bonds is 6. The van der Waals surface area contributed by atoms with Crippen LogP contribution in [0.15, 0.2) is 42.5 Å². The summed E-state index contributed by atoms with van der Waals surface area (Å²) in [4.78, 5) is 22.0. The molecule has 1 N–H and O–H groups in total. The number of hydrogen-bond donors (Lipinski definition) is 1. The van der Waals surface area contributed by atoms with E-state index in [-0.39, 0.29) is 18.4 Å². The Labute approximate surface area is 169 Å². The van der Waals surface area contributed by atoms with Gasteiger partial charge in [-0.05, 0) is 49.6 Å². The van der Waals surface area contributed by atoms with Crippen molar-refractivity contribution in [2.45, 2.75) is 25.9 Å². The number of esters is 1. The van der Waals surface area contributed by atoms with Crippen LogP contribution >= 0.6 is 0 Å². The molecule has 1 aromatic heterocycles. The third-order valence-corrected chi connectivity index (χ3v) is 4.80. The quantitative estimate of drug-likeness (QED) is 0.633. The van der Waals surface area contributed by atoms with Gasteiger partial charge in [-0.2, -0.15) is 0 Å². The van der Waals surface area contributed by atoms with E-state index in [1.807, 2.05) is 49.4 Å². The molecule has 1 fully saturated rings. The molecule has 150 valence electrons. The summed E-state index contributed by atoms with van der Waals surface area (Å²) in [5.41, 5.74) is 3.18. The summed E-state index contributed by atoms with van der Waals surface area (Å²) in [6.07, 6.45) is 1.82. The van der Waals surface area contributed by atoms with E-state index in [1.165, 1.54) is 0 Å². The van der Waals surface area contributed by atoms with Crippen LogP contribution in [-0.4, -0.2) is 42.4 Å². The summed E-state index contributed by atoms with van der Waals surface area (Å²) in [5, 5.41) is 3.20. The van der Waals surface area contributed by atoms with Crippen molar-refractivity contribution in [2.75, 3.05) is 25.6 Å². The molecule has 29 heavy (non-hydrogen) atoms. The molecule has 7 nitrogen and oxygen atoms in total. The van der Waals surface area contributed by atoms with Crippen LogP contribution in [0.5, 0.6) is 5.75 Å². The summed E-state index contributed by atoms with van der Waals surface area (Å²) in [6, 6.07) is 13.1. The SMILES string of the molecule is COc1ccc(C)cc1Nc1nc2ccccc2nc1C(=O)OCC1CCCO1. The van der Waals surface area contributed by atoms with E-state index in [0.29, 0.717) is 34.9 Å². The lowest BCUT2D eigenvalue weighted by molar-refractivity contribution is 0.0157. The molecule has 1 unspecified atom stereocenters. The van der Waals surface area contributed by atoms with Crippen LogP contribution in [0.1, 0.15) is 28.9 Å². The first-order valence-electron chi connectivity index (χ1n) is 9.61. The second kappa shape index (κ2) is 8.45. The van der Waals surface area contributed by atoms with E-state index in [1.54, 1.807) is 7.11 Å². The first kappa shape index (κ1) is 19.1. The Bertz CT molecular complexity index is 1030. The minimum absolute atomic E-state index is 0.0550. The van der Waals surface area contributed by atoms with E-state index >= 15 is 0 Å². The van der Waals surface area contributed by atoms with Crippen LogP contribution in [0.4, 0.5) is 11.5 Å². The lowest BCUT2D eigenvalue weighted by Crippen LogP contribution is -2.20. The topological polar surface area (TPSA) is 82.6 Å². The minimum atomic E-state index is -0.534. The maximum absolute atomic E-state index is 12.8. The third-order valence-electron chi connectivity index (χ3n) is 4.80. The highest BCUT2D eigenvalue weighted by Gasteiger charge is 2.22. The van der Waals surface area contributed by atoms with Gasteiger partial charge in [-0.3, -0.25) is 0 Å². The molecule has 0 radical (unpaired) electrons. The number of carbonyl (C=O) groups is 1. The fourth-order valence-electron chi connectivity index (χ4n) is 3.29. The Morgan fingerprint density at radius 2 is 2.00 bits per heavy atom. The highest BCUT2D eigenvalue weighted by molar-refractivity contribution is 5.96. The Kier molecular flexibility index (Phi) is 5.57. The van der Waals surface area contributed by atoms with Crippen LogP contribution in [0.2, 0.25) is 0 Å². The van der Waals surface area contributed by atoms with Crippen molar-refractivity contribution in [1.82, 2.24) is 9.97 Å². The fraction of sp³-hybridized carbons (Fsp3) is 0.318. The molecule has 0 aliphatic carbocycles. The zero-order chi connectivity index (χ0) is 20.2. The van der Waals surface area contributed by atoms with Crippen LogP contribution in [0.3, 0.4) is 0 Å². The van der Waals surface area contributed by atoms with Crippen LogP contribution in [0.25, 0.3) is 11.0 Å². The zero-order valence-electron chi connectivity index (χ0n) is 16.5. The molecule has 2 aromatic carbocycles. The molecular formula is C22H23N3O4. The predicted octanol–water partition coefficient (Wildman–Crippen LogP) is 4.03. The fourth-order valence-corrected chi connectivity index (χ4v) is 3.29. The Morgan fingerprint density at radius 3 is 2.72 bits per heavy atom. The van der Waals surface area contributed by atoms with Crippen LogP contribution in [-0.2, 0) is 9.47 Å². The van der Waals surface area contributed by atoms with E-state index in [9.17, 15) is 4.79 Å². The lowest BCUT2D eigenvalue weighted by Gasteiger charge is -2.15. The van der Waals surface area contributed by atoms with E-state index in [0.717, 1.165) is 18.4 Å². The number of aromatic nitrogens is 2. The third kappa shape index (κ3) is 4.30. The molecule has 1 atom stereocenters. The number of carbonyl (C=O) groups excluding carboxylic acids is 1. The molecule has 7 heteroatoms. The zero-order valence-corrected chi connectivity index (χ0v) is 16.5. The molecule has 2 heterocycles. The number of fused-ring (bicyclic) bond motifs is 1. The number of hydrogen-bond acceptors (Lipinski definition) is 7. The summed E-state index contributed by atoms with van der Waals surface area (Å²) < 4.78 is 16.4. The van der Waals surface area contributed by atoms with Gasteiger partial charge in [0.15, 0.2) is 11.5 Å². The number of para-hydroxylation sites is 2. The second-order valence-electron chi connectivity index (χ2n) is 6.97. The molecule has 1 aliphatic rings. The summed E-state index contributed by atoms with van der Waals surface area (Å²) >= 11 is 0. The predicted molar refractivity (Wildman–Crippen MR) is 110 cm³/mol. The number of methoxy groups -OCH3 is 1. The highest BCUT2D eigenvalue weighted by atomic mass is 16.6. The number of benzene rings is 2. The van der Waals surface area contributed by atoms with Crippen LogP contribution < -0.4 is 10.1 Å². The summed E-state index contributed by atoms with van der Waals surface area (Å²) in [5.74, 6) is 0.432. The number of anilines is 2. The van der Waals surface area contributed by atoms with Crippen molar-refractivity contribution in [3.63, 3.8) is 0 Å². The van der Waals surface area contributed by atoms with Crippen molar-refractivity contribution in [2.24, 2.45) is 0 Å². The molecule has 0 amide bonds. The van der Waals surface area contributed by atoms with Gasteiger partial charge in [-0.1, -0.05) is 18.2 Å². The largest absolute Gasteiger partial charge is 0.495 e. The van der Waals surface area contributed by atoms with Crippen molar-refractivity contribution in [3.05, 3.63) is 53.7 Å². The molecule has 0 bridgehead atoms. The summed E-state index contributed by atoms with van der Waals surface area (Å²) in [6.45, 7) is 2.89. The first-order valence-corrected chi connectivity index (χ1v) is 9.61. The van der Waals surface area contributed by atoms with Gasteiger partial charge in [0, 0.05) is 6.61 Å². The van der Waals surface area contributed by atoms with E-state index in [2.05, 4.69) is 15.3 Å². The summed E-state index contributed by atoms with van der Waals surface area (Å²) in [7, 11) is 1.60. The normalized spacial score (nSPS) is 16.0. The maximum Gasteiger partial charge on any atom is 0.360 e. The van der Waals surface area contributed by atoms with E-state index in [4.69, 9.17) is 14.2 Å². The lowest BCUT2D eigenvalue weighted by atomic mass is 10.2. The minimum Gasteiger partial charge on any atom is -0.495 e. The van der Waals surface area contributed by atoms with Crippen LogP contribution in [0, 0.1) is 6.92 Å². The average Bonchev–Trinajstić information content (AvgIpc) is 3.25. The molecule has 4 rings (SSSR count). The Balaban J connectivity index is 1.68. The average molecular weight is 393 g/mol. The second-order valence-corrected chi connectivity index (χ2v) is 6.97. The monoisotopic (exact) mass is 393 g/mol. The van der Waals surface area contributed by atoms with Gasteiger partial charge in [0.25, 0.3) is 0 Å². The van der Waals surface area contributed by atoms with Crippen molar-refractivity contribution >= 4 is 28.5 Å². The van der Waals surface area contributed by atoms with Crippen molar-refractivity contribution in [3.8, 4) is 5.75 Å². The molecule has 1 aliphatic heterocycles. The van der Waals surface area contributed by atoms with Crippen molar-refractivity contribution < 1.29 is 19.0 Å². The molecule has 0 saturated carbocycles. The number of aryl methyl sites for hydroxylation is 1. The Morgan fingerprint density at radius 1 is 1.21 bits per heavy atom. The van der Waals surface area contributed by atoms with Gasteiger partial charge < -0.3 is 19.5 Å².